The van der Waals surface area contributed by atoms with Crippen molar-refractivity contribution >= 4 is 28.0 Å². The molecule has 0 unspecified atom stereocenters. The van der Waals surface area contributed by atoms with E-state index < -0.39 is 10.8 Å². The van der Waals surface area contributed by atoms with Crippen LogP contribution in [0.4, 0.5) is 0 Å². The van der Waals surface area contributed by atoms with Crippen LogP contribution in [0.25, 0.3) is 0 Å². The number of amides is 1. The number of nitrogens with zero attached hydrogens (tertiary/aromatic N) is 1. The van der Waals surface area contributed by atoms with E-state index in [2.05, 4.69) is 44.4 Å². The maximum absolute atomic E-state index is 12.5. The van der Waals surface area contributed by atoms with Gasteiger partial charge in [-0.25, -0.2) is 0 Å². The molecule has 0 spiro atoms. The molecule has 2 heterocycles. The van der Waals surface area contributed by atoms with E-state index in [1.165, 1.54) is 16.0 Å². The first-order valence-electron chi connectivity index (χ1n) is 8.60. The Morgan fingerprint density at radius 3 is 2.60 bits per heavy atom. The van der Waals surface area contributed by atoms with Gasteiger partial charge in [-0.15, -0.1) is 11.3 Å². The predicted octanol–water partition coefficient (Wildman–Crippen LogP) is 3.88. The van der Waals surface area contributed by atoms with Gasteiger partial charge in [-0.05, 0) is 40.0 Å². The van der Waals surface area contributed by atoms with Crippen LogP contribution in [0.5, 0.6) is 0 Å². The lowest BCUT2D eigenvalue weighted by atomic mass is 9.87. The highest BCUT2D eigenvalue weighted by atomic mass is 32.2. The molecule has 3 nitrogen and oxygen atoms in total. The molecule has 1 aromatic carbocycles. The summed E-state index contributed by atoms with van der Waals surface area (Å²) in [5, 5.41) is 2.08. The Hall–Kier alpha value is -1.46. The Labute approximate surface area is 156 Å². The van der Waals surface area contributed by atoms with E-state index in [0.717, 1.165) is 18.5 Å². The summed E-state index contributed by atoms with van der Waals surface area (Å²) in [6.45, 7) is 7.93. The maximum atomic E-state index is 12.5. The molecular weight excluding hydrogens is 350 g/mol. The summed E-state index contributed by atoms with van der Waals surface area (Å²) in [4.78, 5) is 15.7. The Morgan fingerprint density at radius 1 is 1.20 bits per heavy atom. The average molecular weight is 376 g/mol. The zero-order chi connectivity index (χ0) is 18.0. The monoisotopic (exact) mass is 375 g/mol. The number of carbonyl (C=O) groups excluding carboxylic acids is 1. The fourth-order valence-electron chi connectivity index (χ4n) is 3.03. The molecule has 0 radical (unpaired) electrons. The summed E-state index contributed by atoms with van der Waals surface area (Å²) >= 11 is 1.76. The number of carbonyl (C=O) groups is 1. The fourth-order valence-corrected chi connectivity index (χ4v) is 5.04. The second-order valence-corrected chi connectivity index (χ2v) is 10.1. The van der Waals surface area contributed by atoms with Crippen molar-refractivity contribution in [2.45, 2.75) is 44.9 Å². The Bertz CT molecular complexity index is 772. The molecule has 0 fully saturated rings. The third kappa shape index (κ3) is 4.59. The Morgan fingerprint density at radius 2 is 1.92 bits per heavy atom. The van der Waals surface area contributed by atoms with E-state index in [1.807, 2.05) is 17.0 Å². The van der Waals surface area contributed by atoms with E-state index in [4.69, 9.17) is 0 Å². The molecule has 5 heteroatoms. The van der Waals surface area contributed by atoms with E-state index in [1.54, 1.807) is 11.3 Å². The molecule has 134 valence electrons. The van der Waals surface area contributed by atoms with Crippen molar-refractivity contribution < 1.29 is 9.00 Å². The molecule has 25 heavy (non-hydrogen) atoms. The van der Waals surface area contributed by atoms with Crippen LogP contribution in [-0.2, 0) is 39.7 Å². The minimum atomic E-state index is -1.17. The first-order chi connectivity index (χ1) is 11.8. The zero-order valence-corrected chi connectivity index (χ0v) is 16.7. The molecule has 0 saturated carbocycles. The van der Waals surface area contributed by atoms with E-state index in [9.17, 15) is 9.00 Å². The first kappa shape index (κ1) is 18.3. The minimum absolute atomic E-state index is 0.00138. The van der Waals surface area contributed by atoms with Gasteiger partial charge in [0, 0.05) is 34.5 Å². The van der Waals surface area contributed by atoms with E-state index >= 15 is 0 Å². The van der Waals surface area contributed by atoms with Gasteiger partial charge in [0.05, 0.1) is 0 Å². The van der Waals surface area contributed by atoms with Gasteiger partial charge in [0.1, 0.15) is 5.75 Å². The van der Waals surface area contributed by atoms with Gasteiger partial charge in [-0.3, -0.25) is 9.00 Å². The molecule has 0 aliphatic carbocycles. The van der Waals surface area contributed by atoms with Crippen molar-refractivity contribution in [3.05, 3.63) is 57.3 Å². The van der Waals surface area contributed by atoms with Crippen LogP contribution in [0.2, 0.25) is 0 Å². The molecular formula is C20H25NO2S2. The number of fused-ring (bicyclic) bond motifs is 1. The number of hydrogen-bond acceptors (Lipinski definition) is 3. The van der Waals surface area contributed by atoms with Crippen molar-refractivity contribution in [1.82, 2.24) is 4.90 Å². The molecule has 1 aliphatic heterocycles. The van der Waals surface area contributed by atoms with Gasteiger partial charge < -0.3 is 4.90 Å². The lowest BCUT2D eigenvalue weighted by Gasteiger charge is -2.26. The zero-order valence-electron chi connectivity index (χ0n) is 15.1. The third-order valence-corrected chi connectivity index (χ3v) is 6.84. The SMILES string of the molecule is CC(C)(C)c1ccc(C[S@](=O)CC(=O)N2CCc3sccc3C2)cc1. The topological polar surface area (TPSA) is 37.4 Å². The second kappa shape index (κ2) is 7.42. The number of hydrogen-bond donors (Lipinski definition) is 0. The van der Waals surface area contributed by atoms with Crippen molar-refractivity contribution in [3.63, 3.8) is 0 Å². The standard InChI is InChI=1S/C20H25NO2S2/c1-20(2,3)17-6-4-15(5-7-17)13-25(23)14-19(22)21-10-8-18-16(12-21)9-11-24-18/h4-7,9,11H,8,10,12-14H2,1-3H3/t25-/m0/s1. The van der Waals surface area contributed by atoms with Crippen LogP contribution in [0.15, 0.2) is 35.7 Å². The van der Waals surface area contributed by atoms with Gasteiger partial charge in [0.2, 0.25) is 5.91 Å². The normalized spacial score (nSPS) is 15.7. The molecule has 0 bridgehead atoms. The third-order valence-electron chi connectivity index (χ3n) is 4.59. The van der Waals surface area contributed by atoms with Crippen LogP contribution >= 0.6 is 11.3 Å². The molecule has 1 amide bonds. The van der Waals surface area contributed by atoms with Crippen molar-refractivity contribution in [2.75, 3.05) is 12.3 Å². The molecule has 1 atom stereocenters. The van der Waals surface area contributed by atoms with Gasteiger partial charge in [0.25, 0.3) is 0 Å². The van der Waals surface area contributed by atoms with Crippen LogP contribution in [0.3, 0.4) is 0 Å². The van der Waals surface area contributed by atoms with Crippen molar-refractivity contribution in [2.24, 2.45) is 0 Å². The highest BCUT2D eigenvalue weighted by Crippen LogP contribution is 2.24. The lowest BCUT2D eigenvalue weighted by molar-refractivity contribution is -0.129. The Balaban J connectivity index is 1.55. The highest BCUT2D eigenvalue weighted by Gasteiger charge is 2.22. The van der Waals surface area contributed by atoms with Crippen LogP contribution in [0.1, 0.15) is 42.3 Å². The summed E-state index contributed by atoms with van der Waals surface area (Å²) in [7, 11) is -1.17. The quantitative estimate of drug-likeness (QED) is 0.813. The number of benzene rings is 1. The van der Waals surface area contributed by atoms with E-state index in [0.29, 0.717) is 12.3 Å². The molecule has 1 aliphatic rings. The van der Waals surface area contributed by atoms with Crippen molar-refractivity contribution in [1.29, 1.82) is 0 Å². The van der Waals surface area contributed by atoms with Crippen LogP contribution < -0.4 is 0 Å². The summed E-state index contributed by atoms with van der Waals surface area (Å²) in [5.74, 6) is 0.551. The summed E-state index contributed by atoms with van der Waals surface area (Å²) < 4.78 is 12.4. The number of thiophene rings is 1. The smallest absolute Gasteiger partial charge is 0.235 e. The first-order valence-corrected chi connectivity index (χ1v) is 11.0. The minimum Gasteiger partial charge on any atom is -0.337 e. The molecule has 0 saturated heterocycles. The summed E-state index contributed by atoms with van der Waals surface area (Å²) in [5.41, 5.74) is 3.65. The van der Waals surface area contributed by atoms with Gasteiger partial charge in [0.15, 0.2) is 0 Å². The largest absolute Gasteiger partial charge is 0.337 e. The van der Waals surface area contributed by atoms with Gasteiger partial charge in [-0.1, -0.05) is 45.0 Å². The molecule has 2 aromatic rings. The molecule has 0 N–H and O–H groups in total. The second-order valence-electron chi connectivity index (χ2n) is 7.61. The summed E-state index contributed by atoms with van der Waals surface area (Å²) in [6, 6.07) is 10.3. The maximum Gasteiger partial charge on any atom is 0.235 e. The van der Waals surface area contributed by atoms with Gasteiger partial charge in [-0.2, -0.15) is 0 Å². The fraction of sp³-hybridized carbons (Fsp3) is 0.450. The average Bonchev–Trinajstić information content (AvgIpc) is 3.01. The predicted molar refractivity (Wildman–Crippen MR) is 105 cm³/mol. The Kier molecular flexibility index (Phi) is 5.44. The van der Waals surface area contributed by atoms with Gasteiger partial charge >= 0.3 is 0 Å². The van der Waals surface area contributed by atoms with Crippen LogP contribution in [-0.4, -0.2) is 27.3 Å². The highest BCUT2D eigenvalue weighted by molar-refractivity contribution is 7.84. The number of rotatable bonds is 4. The van der Waals surface area contributed by atoms with Crippen LogP contribution in [0, 0.1) is 0 Å². The molecule has 1 aromatic heterocycles. The summed E-state index contributed by atoms with van der Waals surface area (Å²) in [6.07, 6.45) is 0.916. The van der Waals surface area contributed by atoms with Crippen molar-refractivity contribution in [3.8, 4) is 0 Å². The lowest BCUT2D eigenvalue weighted by Crippen LogP contribution is -2.38. The molecule has 3 rings (SSSR count). The van der Waals surface area contributed by atoms with E-state index in [-0.39, 0.29) is 17.1 Å².